The number of para-hydroxylation sites is 1. The van der Waals surface area contributed by atoms with Crippen molar-refractivity contribution in [1.82, 2.24) is 0 Å². The van der Waals surface area contributed by atoms with Gasteiger partial charge in [0.05, 0.1) is 27.5 Å². The molecule has 134 valence electrons. The molecule has 1 fully saturated rings. The van der Waals surface area contributed by atoms with Gasteiger partial charge in [-0.1, -0.05) is 18.2 Å². The van der Waals surface area contributed by atoms with Crippen molar-refractivity contribution >= 4 is 21.4 Å². The summed E-state index contributed by atoms with van der Waals surface area (Å²) >= 11 is 0. The van der Waals surface area contributed by atoms with E-state index >= 15 is 0 Å². The third-order valence-electron chi connectivity index (χ3n) is 4.30. The van der Waals surface area contributed by atoms with E-state index < -0.39 is 21.0 Å². The molecule has 0 aliphatic carbocycles. The first-order valence-electron chi connectivity index (χ1n) is 8.24. The van der Waals surface area contributed by atoms with Crippen LogP contribution in [0.2, 0.25) is 0 Å². The summed E-state index contributed by atoms with van der Waals surface area (Å²) in [5, 5.41) is 11.1. The van der Waals surface area contributed by atoms with Crippen LogP contribution in [0.25, 0.3) is 0 Å². The fraction of sp³-hybridized carbons (Fsp3) is 0.263. The normalized spacial score (nSPS) is 15.2. The number of amides is 1. The van der Waals surface area contributed by atoms with Crippen LogP contribution >= 0.6 is 0 Å². The molecule has 1 N–H and O–H groups in total. The summed E-state index contributed by atoms with van der Waals surface area (Å²) in [6, 6.07) is 14.6. The number of nitriles is 1. The van der Waals surface area contributed by atoms with E-state index in [9.17, 15) is 13.2 Å². The minimum atomic E-state index is -3.58. The Balaban J connectivity index is 1.90. The number of nitrogens with zero attached hydrogens (tertiary/aromatic N) is 1. The van der Waals surface area contributed by atoms with Gasteiger partial charge in [0.1, 0.15) is 0 Å². The van der Waals surface area contributed by atoms with Gasteiger partial charge in [-0.2, -0.15) is 5.26 Å². The second kappa shape index (κ2) is 7.68. The number of benzene rings is 2. The molecule has 0 saturated carbocycles. The second-order valence-corrected chi connectivity index (χ2v) is 8.20. The zero-order valence-corrected chi connectivity index (χ0v) is 14.8. The van der Waals surface area contributed by atoms with Crippen LogP contribution in [0.1, 0.15) is 28.8 Å². The van der Waals surface area contributed by atoms with Crippen LogP contribution in [0.15, 0.2) is 53.4 Å². The van der Waals surface area contributed by atoms with Crippen molar-refractivity contribution in [2.45, 2.75) is 23.0 Å². The van der Waals surface area contributed by atoms with Crippen molar-refractivity contribution < 1.29 is 17.9 Å². The van der Waals surface area contributed by atoms with Crippen molar-refractivity contribution in [2.75, 3.05) is 18.5 Å². The summed E-state index contributed by atoms with van der Waals surface area (Å²) in [5.74, 6) is -0.461. The van der Waals surface area contributed by atoms with Crippen LogP contribution in [-0.4, -0.2) is 32.8 Å². The van der Waals surface area contributed by atoms with E-state index in [1.165, 1.54) is 12.1 Å². The van der Waals surface area contributed by atoms with Gasteiger partial charge in [-0.05, 0) is 43.2 Å². The maximum atomic E-state index is 13.0. The summed E-state index contributed by atoms with van der Waals surface area (Å²) in [6.45, 7) is 0.832. The molecule has 0 atom stereocenters. The van der Waals surface area contributed by atoms with Crippen molar-refractivity contribution in [3.8, 4) is 6.07 Å². The van der Waals surface area contributed by atoms with Gasteiger partial charge in [0.2, 0.25) is 0 Å². The van der Waals surface area contributed by atoms with E-state index in [1.54, 1.807) is 36.4 Å². The molecule has 26 heavy (non-hydrogen) atoms. The first-order valence-corrected chi connectivity index (χ1v) is 9.79. The number of nitrogens with one attached hydrogen (secondary N) is 1. The molecule has 1 aliphatic heterocycles. The second-order valence-electron chi connectivity index (χ2n) is 6.00. The molecule has 6 nitrogen and oxygen atoms in total. The Morgan fingerprint density at radius 1 is 1.12 bits per heavy atom. The number of carbonyl (C=O) groups is 1. The number of sulfone groups is 1. The van der Waals surface area contributed by atoms with Gasteiger partial charge >= 0.3 is 0 Å². The Morgan fingerprint density at radius 3 is 2.58 bits per heavy atom. The van der Waals surface area contributed by atoms with Gasteiger partial charge in [-0.3, -0.25) is 4.79 Å². The van der Waals surface area contributed by atoms with Gasteiger partial charge in [-0.25, -0.2) is 8.42 Å². The first-order chi connectivity index (χ1) is 12.5. The summed E-state index contributed by atoms with van der Waals surface area (Å²) in [4.78, 5) is 12.6. The molecule has 2 aromatic carbocycles. The Hall–Kier alpha value is -2.69. The van der Waals surface area contributed by atoms with E-state index in [1.807, 2.05) is 6.07 Å². The van der Waals surface area contributed by atoms with Crippen LogP contribution in [-0.2, 0) is 14.6 Å². The molecule has 1 aliphatic rings. The maximum absolute atomic E-state index is 13.0. The monoisotopic (exact) mass is 370 g/mol. The van der Waals surface area contributed by atoms with Gasteiger partial charge in [-0.15, -0.1) is 0 Å². The molecule has 0 bridgehead atoms. The molecule has 0 radical (unpaired) electrons. The van der Waals surface area contributed by atoms with Crippen LogP contribution in [0.3, 0.4) is 0 Å². The standard InChI is InChI=1S/C19H18N2O4S/c20-13-14-4-3-5-15(12-14)19(22)21-17-6-1-2-7-18(17)26(23,24)16-8-10-25-11-9-16/h1-7,12,16H,8-11H2,(H,21,22). The molecular weight excluding hydrogens is 352 g/mol. The zero-order valence-electron chi connectivity index (χ0n) is 14.0. The molecule has 0 aromatic heterocycles. The highest BCUT2D eigenvalue weighted by Crippen LogP contribution is 2.29. The van der Waals surface area contributed by atoms with Crippen LogP contribution in [0, 0.1) is 11.3 Å². The molecule has 1 heterocycles. The molecule has 1 amide bonds. The zero-order chi connectivity index (χ0) is 18.6. The van der Waals surface area contributed by atoms with E-state index in [0.717, 1.165) is 0 Å². The van der Waals surface area contributed by atoms with Crippen molar-refractivity contribution in [1.29, 1.82) is 5.26 Å². The minimum absolute atomic E-state index is 0.108. The van der Waals surface area contributed by atoms with Crippen molar-refractivity contribution in [3.63, 3.8) is 0 Å². The maximum Gasteiger partial charge on any atom is 0.255 e. The lowest BCUT2D eigenvalue weighted by molar-refractivity contribution is 0.0983. The Bertz CT molecular complexity index is 957. The Kier molecular flexibility index (Phi) is 5.35. The topological polar surface area (TPSA) is 96.3 Å². The minimum Gasteiger partial charge on any atom is -0.381 e. The highest BCUT2D eigenvalue weighted by atomic mass is 32.2. The number of rotatable bonds is 4. The van der Waals surface area contributed by atoms with E-state index in [0.29, 0.717) is 37.2 Å². The molecule has 0 spiro atoms. The number of ether oxygens (including phenoxy) is 1. The summed E-state index contributed by atoms with van der Waals surface area (Å²) < 4.78 is 31.2. The molecule has 1 saturated heterocycles. The molecule has 2 aromatic rings. The third kappa shape index (κ3) is 3.77. The summed E-state index contributed by atoms with van der Waals surface area (Å²) in [5.41, 5.74) is 0.898. The van der Waals surface area contributed by atoms with E-state index in [2.05, 4.69) is 5.32 Å². The van der Waals surface area contributed by atoms with Crippen molar-refractivity contribution in [3.05, 3.63) is 59.7 Å². The van der Waals surface area contributed by atoms with Crippen LogP contribution in [0.5, 0.6) is 0 Å². The predicted molar refractivity (Wildman–Crippen MR) is 96.6 cm³/mol. The number of carbonyl (C=O) groups excluding carboxylic acids is 1. The first kappa shape index (κ1) is 18.1. The van der Waals surface area contributed by atoms with Gasteiger partial charge in [0.15, 0.2) is 9.84 Å². The van der Waals surface area contributed by atoms with Gasteiger partial charge in [0, 0.05) is 18.8 Å². The quantitative estimate of drug-likeness (QED) is 0.893. The van der Waals surface area contributed by atoms with Gasteiger partial charge in [0.25, 0.3) is 5.91 Å². The van der Waals surface area contributed by atoms with Crippen LogP contribution < -0.4 is 5.32 Å². The van der Waals surface area contributed by atoms with E-state index in [4.69, 9.17) is 10.00 Å². The highest BCUT2D eigenvalue weighted by Gasteiger charge is 2.31. The molecular formula is C19H18N2O4S. The fourth-order valence-electron chi connectivity index (χ4n) is 2.91. The Labute approximate surface area is 152 Å². The SMILES string of the molecule is N#Cc1cccc(C(=O)Nc2ccccc2S(=O)(=O)C2CCOCC2)c1. The largest absolute Gasteiger partial charge is 0.381 e. The lowest BCUT2D eigenvalue weighted by Crippen LogP contribution is -2.29. The number of anilines is 1. The molecule has 0 unspecified atom stereocenters. The smallest absolute Gasteiger partial charge is 0.255 e. The number of hydrogen-bond donors (Lipinski definition) is 1. The van der Waals surface area contributed by atoms with Crippen LogP contribution in [0.4, 0.5) is 5.69 Å². The lowest BCUT2D eigenvalue weighted by atomic mass is 10.1. The van der Waals surface area contributed by atoms with E-state index in [-0.39, 0.29) is 10.6 Å². The summed E-state index contributed by atoms with van der Waals surface area (Å²) in [7, 11) is -3.58. The predicted octanol–water partition coefficient (Wildman–Crippen LogP) is 2.76. The average Bonchev–Trinajstić information content (AvgIpc) is 2.69. The summed E-state index contributed by atoms with van der Waals surface area (Å²) in [6.07, 6.45) is 0.879. The van der Waals surface area contributed by atoms with Crippen molar-refractivity contribution in [2.24, 2.45) is 0 Å². The van der Waals surface area contributed by atoms with Gasteiger partial charge < -0.3 is 10.1 Å². The fourth-order valence-corrected chi connectivity index (χ4v) is 4.77. The average molecular weight is 370 g/mol. The number of hydrogen-bond acceptors (Lipinski definition) is 5. The molecule has 3 rings (SSSR count). The third-order valence-corrected chi connectivity index (χ3v) is 6.62. The molecule has 7 heteroatoms. The lowest BCUT2D eigenvalue weighted by Gasteiger charge is -2.23. The highest BCUT2D eigenvalue weighted by molar-refractivity contribution is 7.92. The Morgan fingerprint density at radius 2 is 1.85 bits per heavy atom.